The van der Waals surface area contributed by atoms with Gasteiger partial charge in [0.05, 0.1) is 5.92 Å². The first-order chi connectivity index (χ1) is 19.4. The highest BCUT2D eigenvalue weighted by Crippen LogP contribution is 2.34. The Morgan fingerprint density at radius 1 is 0.650 bits per heavy atom. The number of tetrazole rings is 1. The highest BCUT2D eigenvalue weighted by molar-refractivity contribution is 5.97. The van der Waals surface area contributed by atoms with Gasteiger partial charge in [0.2, 0.25) is 0 Å². The molecule has 1 unspecified atom stereocenters. The number of carbonyl (C=O) groups is 1. The number of anilines is 1. The van der Waals surface area contributed by atoms with E-state index >= 15 is 0 Å². The van der Waals surface area contributed by atoms with E-state index in [0.717, 1.165) is 33.5 Å². The fraction of sp³-hybridized carbons (Fsp3) is 0.235. The van der Waals surface area contributed by atoms with Crippen LogP contribution >= 0.6 is 0 Å². The van der Waals surface area contributed by atoms with Crippen LogP contribution < -0.4 is 5.32 Å². The number of nitrogens with one attached hydrogen (secondary N) is 1. The van der Waals surface area contributed by atoms with Gasteiger partial charge in [0.15, 0.2) is 11.9 Å². The quantitative estimate of drug-likeness (QED) is 0.217. The number of nitrogens with zero attached hydrogens (tertiary/aromatic N) is 4. The first kappa shape index (κ1) is 27.0. The minimum Gasteiger partial charge on any atom is -0.323 e. The fourth-order valence-corrected chi connectivity index (χ4v) is 5.15. The molecule has 0 aliphatic heterocycles. The fourth-order valence-electron chi connectivity index (χ4n) is 5.15. The molecule has 1 aromatic heterocycles. The Kier molecular flexibility index (Phi) is 8.15. The summed E-state index contributed by atoms with van der Waals surface area (Å²) in [6.45, 7) is 8.56. The summed E-state index contributed by atoms with van der Waals surface area (Å²) >= 11 is 0. The van der Waals surface area contributed by atoms with Crippen molar-refractivity contribution >= 4 is 11.6 Å². The van der Waals surface area contributed by atoms with Gasteiger partial charge in [-0.25, -0.2) is 0 Å². The van der Waals surface area contributed by atoms with E-state index in [9.17, 15) is 4.79 Å². The maximum Gasteiger partial charge on any atom is 0.255 e. The third-order valence-corrected chi connectivity index (χ3v) is 7.18. The predicted octanol–water partition coefficient (Wildman–Crippen LogP) is 7.33. The third-order valence-electron chi connectivity index (χ3n) is 7.18. The van der Waals surface area contributed by atoms with Gasteiger partial charge in [0.1, 0.15) is 0 Å². The number of hydrogen-bond acceptors (Lipinski definition) is 4. The normalized spacial score (nSPS) is 12.2. The second-order valence-corrected chi connectivity index (χ2v) is 10.6. The van der Waals surface area contributed by atoms with Crippen LogP contribution in [0.15, 0.2) is 109 Å². The van der Waals surface area contributed by atoms with E-state index < -0.39 is 6.04 Å². The number of amides is 1. The van der Waals surface area contributed by atoms with Crippen LogP contribution in [0.4, 0.5) is 5.69 Å². The summed E-state index contributed by atoms with van der Waals surface area (Å²) in [5, 5.41) is 17.1. The van der Waals surface area contributed by atoms with E-state index in [1.165, 1.54) is 4.80 Å². The lowest BCUT2D eigenvalue weighted by Crippen LogP contribution is -2.30. The first-order valence-electron chi connectivity index (χ1n) is 13.8. The SMILES string of the molecule is CC(C)c1cccc(C(C)C)c1NC(=O)C(c1ccccc1)n1nnc(C(c2ccccc2)c2ccccc2)n1. The second-order valence-electron chi connectivity index (χ2n) is 10.6. The van der Waals surface area contributed by atoms with Crippen LogP contribution in [-0.2, 0) is 4.79 Å². The largest absolute Gasteiger partial charge is 0.323 e. The van der Waals surface area contributed by atoms with Crippen molar-refractivity contribution in [2.75, 3.05) is 5.32 Å². The Morgan fingerprint density at radius 3 is 1.60 bits per heavy atom. The van der Waals surface area contributed by atoms with Crippen LogP contribution in [0, 0.1) is 0 Å². The molecule has 202 valence electrons. The van der Waals surface area contributed by atoms with Gasteiger partial charge in [-0.15, -0.1) is 15.0 Å². The zero-order valence-electron chi connectivity index (χ0n) is 23.4. The molecule has 6 nitrogen and oxygen atoms in total. The molecule has 0 aliphatic rings. The van der Waals surface area contributed by atoms with E-state index in [1.807, 2.05) is 66.7 Å². The molecule has 40 heavy (non-hydrogen) atoms. The lowest BCUT2D eigenvalue weighted by Gasteiger charge is -2.22. The molecule has 0 bridgehead atoms. The summed E-state index contributed by atoms with van der Waals surface area (Å²) in [5.41, 5.74) is 5.97. The summed E-state index contributed by atoms with van der Waals surface area (Å²) in [6, 6.07) is 35.3. The van der Waals surface area contributed by atoms with Gasteiger partial charge >= 0.3 is 0 Å². The van der Waals surface area contributed by atoms with E-state index in [-0.39, 0.29) is 23.7 Å². The summed E-state index contributed by atoms with van der Waals surface area (Å²) in [6.07, 6.45) is 0. The van der Waals surface area contributed by atoms with Crippen LogP contribution in [0.5, 0.6) is 0 Å². The maximum atomic E-state index is 14.1. The van der Waals surface area contributed by atoms with E-state index in [0.29, 0.717) is 5.82 Å². The highest BCUT2D eigenvalue weighted by atomic mass is 16.2. The Balaban J connectivity index is 1.57. The molecule has 5 rings (SSSR count). The van der Waals surface area contributed by atoms with Crippen molar-refractivity contribution in [3.05, 3.63) is 143 Å². The number of hydrogen-bond donors (Lipinski definition) is 1. The molecule has 1 heterocycles. The lowest BCUT2D eigenvalue weighted by atomic mass is 9.91. The molecule has 1 amide bonds. The van der Waals surface area contributed by atoms with Crippen molar-refractivity contribution in [1.82, 2.24) is 20.2 Å². The van der Waals surface area contributed by atoms with Crippen LogP contribution in [-0.4, -0.2) is 26.1 Å². The van der Waals surface area contributed by atoms with Gasteiger partial charge in [0.25, 0.3) is 5.91 Å². The van der Waals surface area contributed by atoms with Crippen molar-refractivity contribution in [2.45, 2.75) is 51.5 Å². The van der Waals surface area contributed by atoms with Crippen LogP contribution in [0.1, 0.15) is 85.1 Å². The zero-order valence-corrected chi connectivity index (χ0v) is 23.4. The molecule has 0 saturated heterocycles. The second kappa shape index (κ2) is 12.1. The molecule has 0 saturated carbocycles. The van der Waals surface area contributed by atoms with Gasteiger partial charge in [-0.1, -0.05) is 137 Å². The highest BCUT2D eigenvalue weighted by Gasteiger charge is 2.30. The van der Waals surface area contributed by atoms with E-state index in [4.69, 9.17) is 5.10 Å². The van der Waals surface area contributed by atoms with Crippen molar-refractivity contribution in [1.29, 1.82) is 0 Å². The molecule has 1 atom stereocenters. The Morgan fingerprint density at radius 2 is 1.12 bits per heavy atom. The minimum absolute atomic E-state index is 0.207. The number of para-hydroxylation sites is 1. The standard InChI is InChI=1S/C34H35N5O/c1-23(2)28-21-14-22-29(24(3)4)31(28)35-34(40)32(27-19-12-7-13-20-27)39-37-33(36-38-39)30(25-15-8-5-9-16-25)26-17-10-6-11-18-26/h5-24,30,32H,1-4H3,(H,35,40). The van der Waals surface area contributed by atoms with Crippen molar-refractivity contribution in [3.8, 4) is 0 Å². The Bertz CT molecular complexity index is 1480. The van der Waals surface area contributed by atoms with Crippen molar-refractivity contribution in [2.24, 2.45) is 0 Å². The van der Waals surface area contributed by atoms with Crippen molar-refractivity contribution in [3.63, 3.8) is 0 Å². The predicted molar refractivity (Wildman–Crippen MR) is 159 cm³/mol. The summed E-state index contributed by atoms with van der Waals surface area (Å²) in [7, 11) is 0. The Hall–Kier alpha value is -4.58. The summed E-state index contributed by atoms with van der Waals surface area (Å²) in [4.78, 5) is 15.6. The average molecular weight is 530 g/mol. The molecule has 0 radical (unpaired) electrons. The van der Waals surface area contributed by atoms with E-state index in [1.54, 1.807) is 0 Å². The summed E-state index contributed by atoms with van der Waals surface area (Å²) < 4.78 is 0. The summed E-state index contributed by atoms with van der Waals surface area (Å²) in [5.74, 6) is 0.609. The van der Waals surface area contributed by atoms with Crippen LogP contribution in [0.2, 0.25) is 0 Å². The van der Waals surface area contributed by atoms with Gasteiger partial charge in [0, 0.05) is 5.69 Å². The first-order valence-corrected chi connectivity index (χ1v) is 13.8. The van der Waals surface area contributed by atoms with Crippen LogP contribution in [0.3, 0.4) is 0 Å². The molecule has 1 N–H and O–H groups in total. The molecular formula is C34H35N5O. The van der Waals surface area contributed by atoms with Gasteiger partial charge in [-0.2, -0.15) is 0 Å². The molecule has 4 aromatic carbocycles. The minimum atomic E-state index is -0.796. The van der Waals surface area contributed by atoms with Crippen LogP contribution in [0.25, 0.3) is 0 Å². The average Bonchev–Trinajstić information content (AvgIpc) is 3.43. The van der Waals surface area contributed by atoms with Gasteiger partial charge in [-0.05, 0) is 44.9 Å². The number of aromatic nitrogens is 4. The smallest absolute Gasteiger partial charge is 0.255 e. The topological polar surface area (TPSA) is 72.7 Å². The molecular weight excluding hydrogens is 494 g/mol. The molecule has 0 fully saturated rings. The monoisotopic (exact) mass is 529 g/mol. The number of rotatable bonds is 9. The van der Waals surface area contributed by atoms with E-state index in [2.05, 4.69) is 85.8 Å². The maximum absolute atomic E-state index is 14.1. The van der Waals surface area contributed by atoms with Gasteiger partial charge in [-0.3, -0.25) is 4.79 Å². The Labute approximate surface area is 236 Å². The molecule has 5 aromatic rings. The number of carbonyl (C=O) groups excluding carboxylic acids is 1. The molecule has 0 spiro atoms. The third kappa shape index (κ3) is 5.71. The molecule has 0 aliphatic carbocycles. The molecule has 6 heteroatoms. The lowest BCUT2D eigenvalue weighted by molar-refractivity contribution is -0.118. The van der Waals surface area contributed by atoms with Crippen molar-refractivity contribution < 1.29 is 4.79 Å². The van der Waals surface area contributed by atoms with Gasteiger partial charge < -0.3 is 5.32 Å². The number of benzene rings is 4. The zero-order chi connectivity index (χ0) is 28.1.